The summed E-state index contributed by atoms with van der Waals surface area (Å²) in [6.45, 7) is 7.83. The minimum atomic E-state index is -1.19. The Labute approximate surface area is 176 Å². The van der Waals surface area contributed by atoms with E-state index in [0.29, 0.717) is 38.9 Å². The number of nitrogens with zero attached hydrogens (tertiary/aromatic N) is 1. The van der Waals surface area contributed by atoms with Crippen molar-refractivity contribution in [2.24, 2.45) is 0 Å². The van der Waals surface area contributed by atoms with Gasteiger partial charge in [0.2, 0.25) is 0 Å². The van der Waals surface area contributed by atoms with Gasteiger partial charge in [-0.05, 0) is 43.3 Å². The molecule has 1 aromatic carbocycles. The summed E-state index contributed by atoms with van der Waals surface area (Å²) in [5, 5.41) is 7.11. The van der Waals surface area contributed by atoms with Gasteiger partial charge >= 0.3 is 0 Å². The molecule has 3 heterocycles. The fraction of sp³-hybridized carbons (Fsp3) is 0.174. The standard InChI is InChI=1S/C23H23N3O3S/c1-5-30(28)20-13-16(24-4)9-10-18(20)25-15(3)21-22-17(12-14(2)29-22)19-8-6-7-11-26(19)23(21)27/h6-13,24-25H,3,5H2,1-2,4H3. The van der Waals surface area contributed by atoms with Crippen molar-refractivity contribution in [1.82, 2.24) is 4.40 Å². The van der Waals surface area contributed by atoms with Crippen LogP contribution < -0.4 is 16.2 Å². The molecule has 1 unspecified atom stereocenters. The summed E-state index contributed by atoms with van der Waals surface area (Å²) in [6.07, 6.45) is 1.73. The highest BCUT2D eigenvalue weighted by Gasteiger charge is 2.19. The SMILES string of the molecule is C=C(Nc1ccc(NC)cc1S(=O)CC)c1c(=O)n2ccccc2c2cc(C)oc12. The zero-order chi connectivity index (χ0) is 21.4. The Morgan fingerprint density at radius 1 is 1.23 bits per heavy atom. The van der Waals surface area contributed by atoms with Crippen LogP contribution in [0.15, 0.2) is 69.3 Å². The summed E-state index contributed by atoms with van der Waals surface area (Å²) in [6, 6.07) is 13.1. The van der Waals surface area contributed by atoms with E-state index in [4.69, 9.17) is 4.42 Å². The van der Waals surface area contributed by atoms with Crippen LogP contribution >= 0.6 is 0 Å². The Balaban J connectivity index is 1.88. The minimum absolute atomic E-state index is 0.227. The quantitative estimate of drug-likeness (QED) is 0.476. The zero-order valence-corrected chi connectivity index (χ0v) is 17.9. The molecule has 0 amide bonds. The third-order valence-electron chi connectivity index (χ3n) is 5.02. The van der Waals surface area contributed by atoms with Gasteiger partial charge in [0, 0.05) is 35.8 Å². The number of rotatable bonds is 6. The second-order valence-corrected chi connectivity index (χ2v) is 8.64. The first-order chi connectivity index (χ1) is 14.4. The van der Waals surface area contributed by atoms with Crippen LogP contribution in [0.1, 0.15) is 18.2 Å². The molecule has 0 aliphatic carbocycles. The first kappa shape index (κ1) is 20.0. The van der Waals surface area contributed by atoms with Gasteiger partial charge in [-0.1, -0.05) is 19.6 Å². The van der Waals surface area contributed by atoms with Crippen LogP contribution in [0.3, 0.4) is 0 Å². The van der Waals surface area contributed by atoms with Crippen LogP contribution in [0.25, 0.3) is 22.2 Å². The van der Waals surface area contributed by atoms with Gasteiger partial charge in [0.1, 0.15) is 11.3 Å². The molecule has 0 saturated carbocycles. The molecule has 0 saturated heterocycles. The van der Waals surface area contributed by atoms with Gasteiger partial charge in [0.05, 0.1) is 26.9 Å². The van der Waals surface area contributed by atoms with Crippen LogP contribution in [0, 0.1) is 6.92 Å². The molecule has 0 fully saturated rings. The van der Waals surface area contributed by atoms with E-state index in [0.717, 1.165) is 16.6 Å². The molecule has 0 aliphatic heterocycles. The Bertz CT molecular complexity index is 1370. The topological polar surface area (TPSA) is 75.8 Å². The normalized spacial score (nSPS) is 12.2. The Morgan fingerprint density at radius 2 is 2.03 bits per heavy atom. The molecular formula is C23H23N3O3S. The van der Waals surface area contributed by atoms with Crippen LogP contribution in [0.4, 0.5) is 11.4 Å². The maximum atomic E-state index is 13.3. The van der Waals surface area contributed by atoms with E-state index in [1.165, 1.54) is 0 Å². The number of pyridine rings is 2. The van der Waals surface area contributed by atoms with Crippen LogP contribution in [0.5, 0.6) is 0 Å². The summed E-state index contributed by atoms with van der Waals surface area (Å²) in [5.41, 5.74) is 3.29. The van der Waals surface area contributed by atoms with Gasteiger partial charge in [0.25, 0.3) is 5.56 Å². The Morgan fingerprint density at radius 3 is 2.77 bits per heavy atom. The highest BCUT2D eigenvalue weighted by Crippen LogP contribution is 2.31. The summed E-state index contributed by atoms with van der Waals surface area (Å²) in [7, 11) is 0.624. The first-order valence-corrected chi connectivity index (χ1v) is 11.0. The summed E-state index contributed by atoms with van der Waals surface area (Å²) in [4.78, 5) is 13.9. The van der Waals surface area contributed by atoms with Crippen molar-refractivity contribution in [3.63, 3.8) is 0 Å². The molecule has 2 N–H and O–H groups in total. The average Bonchev–Trinajstić information content (AvgIpc) is 3.14. The molecule has 0 spiro atoms. The molecule has 7 heteroatoms. The predicted octanol–water partition coefficient (Wildman–Crippen LogP) is 4.61. The van der Waals surface area contributed by atoms with E-state index in [9.17, 15) is 9.00 Å². The third kappa shape index (κ3) is 3.31. The lowest BCUT2D eigenvalue weighted by atomic mass is 10.1. The number of benzene rings is 1. The second-order valence-electron chi connectivity index (χ2n) is 6.93. The summed E-state index contributed by atoms with van der Waals surface area (Å²) < 4.78 is 20.1. The number of anilines is 2. The van der Waals surface area contributed by atoms with Gasteiger partial charge in [-0.3, -0.25) is 13.4 Å². The van der Waals surface area contributed by atoms with Crippen LogP contribution in [0.2, 0.25) is 0 Å². The molecule has 0 radical (unpaired) electrons. The number of furan rings is 1. The van der Waals surface area contributed by atoms with Crippen molar-refractivity contribution in [3.05, 3.63) is 76.9 Å². The van der Waals surface area contributed by atoms with Crippen molar-refractivity contribution in [2.45, 2.75) is 18.7 Å². The molecule has 3 aromatic heterocycles. The first-order valence-electron chi connectivity index (χ1n) is 9.64. The molecule has 4 aromatic rings. The number of fused-ring (bicyclic) bond motifs is 3. The van der Waals surface area contributed by atoms with Gasteiger partial charge in [0.15, 0.2) is 5.58 Å². The molecule has 0 aliphatic rings. The fourth-order valence-corrected chi connectivity index (χ4v) is 4.50. The number of hydrogen-bond acceptors (Lipinski definition) is 5. The summed E-state index contributed by atoms with van der Waals surface area (Å²) >= 11 is 0. The highest BCUT2D eigenvalue weighted by molar-refractivity contribution is 7.85. The van der Waals surface area contributed by atoms with Gasteiger partial charge < -0.3 is 15.1 Å². The third-order valence-corrected chi connectivity index (χ3v) is 6.37. The molecule has 4 rings (SSSR count). The van der Waals surface area contributed by atoms with Crippen LogP contribution in [-0.2, 0) is 10.8 Å². The maximum Gasteiger partial charge on any atom is 0.268 e. The van der Waals surface area contributed by atoms with E-state index >= 15 is 0 Å². The summed E-state index contributed by atoms with van der Waals surface area (Å²) in [5.74, 6) is 1.19. The van der Waals surface area contributed by atoms with E-state index in [-0.39, 0.29) is 5.56 Å². The smallest absolute Gasteiger partial charge is 0.268 e. The lowest BCUT2D eigenvalue weighted by Gasteiger charge is -2.15. The number of nitrogens with one attached hydrogen (secondary N) is 2. The lowest BCUT2D eigenvalue weighted by molar-refractivity contribution is 0.577. The van der Waals surface area contributed by atoms with E-state index in [2.05, 4.69) is 17.2 Å². The molecule has 30 heavy (non-hydrogen) atoms. The van der Waals surface area contributed by atoms with Gasteiger partial charge in [-0.25, -0.2) is 0 Å². The van der Waals surface area contributed by atoms with Crippen LogP contribution in [-0.4, -0.2) is 21.4 Å². The number of aromatic nitrogens is 1. The Kier molecular flexibility index (Phi) is 5.22. The van der Waals surface area contributed by atoms with Crippen molar-refractivity contribution in [2.75, 3.05) is 23.4 Å². The molecule has 1 atom stereocenters. The fourth-order valence-electron chi connectivity index (χ4n) is 3.56. The van der Waals surface area contributed by atoms with Crippen molar-refractivity contribution < 1.29 is 8.63 Å². The minimum Gasteiger partial charge on any atom is -0.460 e. The van der Waals surface area contributed by atoms with Gasteiger partial charge in [-0.15, -0.1) is 0 Å². The van der Waals surface area contributed by atoms with E-state index in [1.54, 1.807) is 10.6 Å². The number of hydrogen-bond donors (Lipinski definition) is 2. The molecular weight excluding hydrogens is 398 g/mol. The van der Waals surface area contributed by atoms with Crippen molar-refractivity contribution in [3.8, 4) is 0 Å². The van der Waals surface area contributed by atoms with E-state index in [1.807, 2.05) is 63.4 Å². The zero-order valence-electron chi connectivity index (χ0n) is 17.1. The van der Waals surface area contributed by atoms with Crippen molar-refractivity contribution >= 4 is 44.4 Å². The van der Waals surface area contributed by atoms with E-state index < -0.39 is 10.8 Å². The lowest BCUT2D eigenvalue weighted by Crippen LogP contribution is -2.20. The monoisotopic (exact) mass is 421 g/mol. The largest absolute Gasteiger partial charge is 0.460 e. The van der Waals surface area contributed by atoms with Crippen molar-refractivity contribution in [1.29, 1.82) is 0 Å². The number of aryl methyl sites for hydroxylation is 1. The average molecular weight is 422 g/mol. The molecule has 154 valence electrons. The molecule has 6 nitrogen and oxygen atoms in total. The second kappa shape index (κ2) is 7.84. The maximum absolute atomic E-state index is 13.3. The Hall–Kier alpha value is -3.32. The predicted molar refractivity (Wildman–Crippen MR) is 124 cm³/mol. The highest BCUT2D eigenvalue weighted by atomic mass is 32.2. The van der Waals surface area contributed by atoms with Gasteiger partial charge in [-0.2, -0.15) is 0 Å². The molecule has 0 bridgehead atoms.